The molecule has 0 fully saturated rings. The highest BCUT2D eigenvalue weighted by Gasteiger charge is 1.95. The van der Waals surface area contributed by atoms with E-state index < -0.39 is 0 Å². The minimum Gasteiger partial charge on any atom is -0.368 e. The molecule has 0 radical (unpaired) electrons. The van der Waals surface area contributed by atoms with Crippen LogP contribution in [0.5, 0.6) is 0 Å². The Hall–Kier alpha value is -1.65. The monoisotopic (exact) mass is 136 g/mol. The van der Waals surface area contributed by atoms with Gasteiger partial charge in [-0.25, -0.2) is 9.97 Å². The van der Waals surface area contributed by atoms with Crippen molar-refractivity contribution in [1.29, 1.82) is 0 Å². The number of hydrogen-bond acceptors (Lipinski definition) is 4. The van der Waals surface area contributed by atoms with E-state index in [2.05, 4.69) is 19.9 Å². The van der Waals surface area contributed by atoms with Crippen molar-refractivity contribution in [3.8, 4) is 0 Å². The SMILES string of the molecule is Nc1ncc2[nH][13cH]nc2n1. The van der Waals surface area contributed by atoms with Crippen molar-refractivity contribution in [3.63, 3.8) is 0 Å². The predicted octanol–water partition coefficient (Wildman–Crippen LogP) is -0.0649. The molecule has 0 amide bonds. The van der Waals surface area contributed by atoms with Gasteiger partial charge in [-0.2, -0.15) is 4.98 Å². The summed E-state index contributed by atoms with van der Waals surface area (Å²) in [6.07, 6.45) is 3.16. The van der Waals surface area contributed by atoms with Gasteiger partial charge in [0, 0.05) is 0 Å². The first-order valence-corrected chi connectivity index (χ1v) is 2.78. The zero-order valence-corrected chi connectivity index (χ0v) is 5.07. The van der Waals surface area contributed by atoms with E-state index in [4.69, 9.17) is 5.73 Å². The largest absolute Gasteiger partial charge is 0.368 e. The van der Waals surface area contributed by atoms with Crippen molar-refractivity contribution in [1.82, 2.24) is 19.9 Å². The second-order valence-electron chi connectivity index (χ2n) is 1.87. The van der Waals surface area contributed by atoms with E-state index in [1.807, 2.05) is 0 Å². The van der Waals surface area contributed by atoms with Crippen LogP contribution in [0.3, 0.4) is 0 Å². The molecule has 2 rings (SSSR count). The fraction of sp³-hybridized carbons (Fsp3) is 0. The zero-order chi connectivity index (χ0) is 6.97. The van der Waals surface area contributed by atoms with Crippen molar-refractivity contribution < 1.29 is 0 Å². The Bertz CT molecular complexity index is 352. The summed E-state index contributed by atoms with van der Waals surface area (Å²) in [5.41, 5.74) is 6.71. The Morgan fingerprint density at radius 2 is 2.30 bits per heavy atom. The lowest BCUT2D eigenvalue weighted by molar-refractivity contribution is 1.22. The lowest BCUT2D eigenvalue weighted by Gasteiger charge is -1.87. The summed E-state index contributed by atoms with van der Waals surface area (Å²) < 4.78 is 0. The van der Waals surface area contributed by atoms with Crippen LogP contribution in [0, 0.1) is 0 Å². The van der Waals surface area contributed by atoms with Gasteiger partial charge in [-0.3, -0.25) is 0 Å². The van der Waals surface area contributed by atoms with Crippen LogP contribution in [-0.2, 0) is 0 Å². The van der Waals surface area contributed by atoms with E-state index in [1.165, 1.54) is 0 Å². The maximum absolute atomic E-state index is 5.31. The van der Waals surface area contributed by atoms with E-state index in [1.54, 1.807) is 12.5 Å². The fourth-order valence-electron chi connectivity index (χ4n) is 0.749. The number of nitrogens with zero attached hydrogens (tertiary/aromatic N) is 3. The maximum atomic E-state index is 5.31. The molecule has 0 saturated heterocycles. The molecule has 0 aliphatic rings. The zero-order valence-electron chi connectivity index (χ0n) is 5.07. The summed E-state index contributed by atoms with van der Waals surface area (Å²) in [5, 5.41) is 0. The number of nitrogen functional groups attached to an aromatic ring is 1. The number of rotatable bonds is 0. The number of imidazole rings is 1. The molecule has 0 atom stereocenters. The molecule has 0 bridgehead atoms. The molecule has 50 valence electrons. The van der Waals surface area contributed by atoms with Crippen LogP contribution in [-0.4, -0.2) is 19.9 Å². The smallest absolute Gasteiger partial charge is 0.222 e. The standard InChI is InChI=1S/C5H5N5/c6-5-7-1-3-4(10-5)9-2-8-3/h1-2H,(H3,6,7,8,9,10)/i2+1. The third-order valence-corrected chi connectivity index (χ3v) is 1.19. The number of aromatic nitrogens is 4. The molecular formula is C5H5N5. The van der Waals surface area contributed by atoms with Gasteiger partial charge in [-0.1, -0.05) is 0 Å². The van der Waals surface area contributed by atoms with Crippen molar-refractivity contribution in [3.05, 3.63) is 12.5 Å². The second kappa shape index (κ2) is 1.66. The van der Waals surface area contributed by atoms with Gasteiger partial charge in [0.15, 0.2) is 5.65 Å². The highest BCUT2D eigenvalue weighted by Crippen LogP contribution is 2.03. The van der Waals surface area contributed by atoms with Gasteiger partial charge in [0.1, 0.15) is 5.52 Å². The minimum atomic E-state index is 0.250. The molecule has 0 aliphatic carbocycles. The lowest BCUT2D eigenvalue weighted by Crippen LogP contribution is -1.93. The van der Waals surface area contributed by atoms with E-state index >= 15 is 0 Å². The lowest BCUT2D eigenvalue weighted by atomic mass is 10.6. The molecule has 5 heteroatoms. The topological polar surface area (TPSA) is 80.5 Å². The van der Waals surface area contributed by atoms with Gasteiger partial charge in [-0.15, -0.1) is 0 Å². The Kier molecular flexibility index (Phi) is 0.858. The van der Waals surface area contributed by atoms with Crippen LogP contribution in [0.1, 0.15) is 0 Å². The van der Waals surface area contributed by atoms with Crippen LogP contribution in [0.15, 0.2) is 12.5 Å². The van der Waals surface area contributed by atoms with E-state index in [0.717, 1.165) is 5.52 Å². The number of anilines is 1. The van der Waals surface area contributed by atoms with Crippen LogP contribution in [0.2, 0.25) is 0 Å². The van der Waals surface area contributed by atoms with E-state index in [9.17, 15) is 0 Å². The van der Waals surface area contributed by atoms with Crippen molar-refractivity contribution >= 4 is 17.1 Å². The van der Waals surface area contributed by atoms with Gasteiger partial charge >= 0.3 is 0 Å². The molecule has 2 heterocycles. The van der Waals surface area contributed by atoms with Gasteiger partial charge in [-0.05, 0) is 0 Å². The summed E-state index contributed by atoms with van der Waals surface area (Å²) in [6.45, 7) is 0. The normalized spacial score (nSPS) is 10.4. The number of hydrogen-bond donors (Lipinski definition) is 2. The third kappa shape index (κ3) is 0.604. The third-order valence-electron chi connectivity index (χ3n) is 1.19. The molecular weight excluding hydrogens is 131 g/mol. The Morgan fingerprint density at radius 3 is 3.20 bits per heavy atom. The van der Waals surface area contributed by atoms with Crippen LogP contribution in [0.25, 0.3) is 11.2 Å². The second-order valence-corrected chi connectivity index (χ2v) is 1.87. The van der Waals surface area contributed by atoms with Crippen LogP contribution >= 0.6 is 0 Å². The van der Waals surface area contributed by atoms with Crippen molar-refractivity contribution in [2.75, 3.05) is 5.73 Å². The van der Waals surface area contributed by atoms with Gasteiger partial charge in [0.25, 0.3) is 0 Å². The van der Waals surface area contributed by atoms with Crippen LogP contribution < -0.4 is 5.73 Å². The Morgan fingerprint density at radius 1 is 1.40 bits per heavy atom. The summed E-state index contributed by atoms with van der Waals surface area (Å²) in [6, 6.07) is 0. The number of aromatic amines is 1. The van der Waals surface area contributed by atoms with Gasteiger partial charge in [0.2, 0.25) is 5.95 Å². The quantitative estimate of drug-likeness (QED) is 0.531. The maximum Gasteiger partial charge on any atom is 0.222 e. The molecule has 2 aromatic rings. The molecule has 5 nitrogen and oxygen atoms in total. The average molecular weight is 136 g/mol. The summed E-state index contributed by atoms with van der Waals surface area (Å²) in [4.78, 5) is 14.4. The van der Waals surface area contributed by atoms with Gasteiger partial charge in [0.05, 0.1) is 12.5 Å². The van der Waals surface area contributed by atoms with E-state index in [-0.39, 0.29) is 5.95 Å². The number of H-pyrrole nitrogens is 1. The first kappa shape index (κ1) is 5.16. The molecule has 0 aromatic carbocycles. The fourth-order valence-corrected chi connectivity index (χ4v) is 0.749. The van der Waals surface area contributed by atoms with Crippen molar-refractivity contribution in [2.24, 2.45) is 0 Å². The highest BCUT2D eigenvalue weighted by atomic mass is 15.1. The Labute approximate surface area is 56.3 Å². The molecule has 3 N–H and O–H groups in total. The summed E-state index contributed by atoms with van der Waals surface area (Å²) in [7, 11) is 0. The highest BCUT2D eigenvalue weighted by molar-refractivity contribution is 5.69. The number of fused-ring (bicyclic) bond motifs is 1. The van der Waals surface area contributed by atoms with Crippen molar-refractivity contribution in [2.45, 2.75) is 0 Å². The molecule has 10 heavy (non-hydrogen) atoms. The molecule has 2 aromatic heterocycles. The molecule has 0 saturated carbocycles. The first-order valence-electron chi connectivity index (χ1n) is 2.78. The Balaban J connectivity index is 2.86. The van der Waals surface area contributed by atoms with E-state index in [0.29, 0.717) is 5.65 Å². The molecule has 0 unspecified atom stereocenters. The predicted molar refractivity (Wildman–Crippen MR) is 36.1 cm³/mol. The minimum absolute atomic E-state index is 0.250. The summed E-state index contributed by atoms with van der Waals surface area (Å²) in [5.74, 6) is 0.250. The molecule has 0 spiro atoms. The number of nitrogens with two attached hydrogens (primary N) is 1. The van der Waals surface area contributed by atoms with Crippen LogP contribution in [0.4, 0.5) is 5.95 Å². The summed E-state index contributed by atoms with van der Waals surface area (Å²) >= 11 is 0. The van der Waals surface area contributed by atoms with Gasteiger partial charge < -0.3 is 10.7 Å². The number of nitrogens with one attached hydrogen (secondary N) is 1. The first-order chi connectivity index (χ1) is 4.86. The average Bonchev–Trinajstić information content (AvgIpc) is 2.33. The molecule has 0 aliphatic heterocycles.